The van der Waals surface area contributed by atoms with E-state index >= 15 is 0 Å². The molecule has 0 unspecified atom stereocenters. The van der Waals surface area contributed by atoms with Gasteiger partial charge >= 0.3 is 5.97 Å². The quantitative estimate of drug-likeness (QED) is 0.270. The molecule has 176 valence electrons. The molecule has 0 spiro atoms. The van der Waals surface area contributed by atoms with Crippen molar-refractivity contribution in [3.8, 4) is 0 Å². The van der Waals surface area contributed by atoms with Crippen molar-refractivity contribution in [3.63, 3.8) is 0 Å². The van der Waals surface area contributed by atoms with E-state index in [0.717, 1.165) is 22.7 Å². The standard InChI is InChI=1S/C26H20FN3O4S/c27-17-10-12-18(13-11-17)29-25(32)16-35-23-9-2-1-5-20(23)26(33)34-15-24(31)30-22-8-3-7-21-19(22)6-4-14-28-21/h1-14H,15-16H2,(H,29,32)(H,30,31). The maximum Gasteiger partial charge on any atom is 0.339 e. The summed E-state index contributed by atoms with van der Waals surface area (Å²) in [4.78, 5) is 42.1. The molecular formula is C26H20FN3O4S. The van der Waals surface area contributed by atoms with Crippen LogP contribution in [0.15, 0.2) is 90.0 Å². The van der Waals surface area contributed by atoms with E-state index < -0.39 is 24.3 Å². The van der Waals surface area contributed by atoms with E-state index in [1.54, 1.807) is 48.7 Å². The third-order valence-corrected chi connectivity index (χ3v) is 5.92. The van der Waals surface area contributed by atoms with Gasteiger partial charge in [-0.05, 0) is 60.7 Å². The number of amides is 2. The first-order valence-corrected chi connectivity index (χ1v) is 11.6. The van der Waals surface area contributed by atoms with Gasteiger partial charge in [-0.25, -0.2) is 9.18 Å². The van der Waals surface area contributed by atoms with Gasteiger partial charge in [0.2, 0.25) is 5.91 Å². The zero-order valence-corrected chi connectivity index (χ0v) is 19.2. The van der Waals surface area contributed by atoms with Gasteiger partial charge in [-0.2, -0.15) is 0 Å². The van der Waals surface area contributed by atoms with E-state index in [-0.39, 0.29) is 17.2 Å². The minimum absolute atomic E-state index is 0.0251. The van der Waals surface area contributed by atoms with Crippen molar-refractivity contribution in [3.05, 3.63) is 96.4 Å². The molecule has 4 rings (SSSR count). The van der Waals surface area contributed by atoms with Crippen LogP contribution < -0.4 is 10.6 Å². The number of rotatable bonds is 8. The number of hydrogen-bond acceptors (Lipinski definition) is 6. The van der Waals surface area contributed by atoms with Crippen LogP contribution in [0.5, 0.6) is 0 Å². The molecule has 1 aromatic heterocycles. The van der Waals surface area contributed by atoms with Crippen molar-refractivity contribution in [2.24, 2.45) is 0 Å². The van der Waals surface area contributed by atoms with Gasteiger partial charge in [0.05, 0.1) is 22.5 Å². The normalized spacial score (nSPS) is 10.5. The Balaban J connectivity index is 1.33. The van der Waals surface area contributed by atoms with Gasteiger partial charge in [0, 0.05) is 22.2 Å². The summed E-state index contributed by atoms with van der Waals surface area (Å²) in [7, 11) is 0. The van der Waals surface area contributed by atoms with E-state index in [0.29, 0.717) is 16.3 Å². The Labute approximate surface area is 204 Å². The monoisotopic (exact) mass is 489 g/mol. The van der Waals surface area contributed by atoms with Crippen LogP contribution in [-0.2, 0) is 14.3 Å². The first-order valence-electron chi connectivity index (χ1n) is 10.6. The van der Waals surface area contributed by atoms with Crippen molar-refractivity contribution < 1.29 is 23.5 Å². The van der Waals surface area contributed by atoms with Crippen molar-refractivity contribution >= 4 is 51.8 Å². The molecule has 7 nitrogen and oxygen atoms in total. The number of anilines is 2. The zero-order chi connectivity index (χ0) is 24.6. The third kappa shape index (κ3) is 6.42. The van der Waals surface area contributed by atoms with Crippen LogP contribution in [0.2, 0.25) is 0 Å². The van der Waals surface area contributed by atoms with Crippen LogP contribution in [0.4, 0.5) is 15.8 Å². The minimum Gasteiger partial charge on any atom is -0.452 e. The Morgan fingerprint density at radius 1 is 0.857 bits per heavy atom. The van der Waals surface area contributed by atoms with Crippen LogP contribution in [0.25, 0.3) is 10.9 Å². The molecule has 0 saturated heterocycles. The summed E-state index contributed by atoms with van der Waals surface area (Å²) >= 11 is 1.15. The number of aromatic nitrogens is 1. The van der Waals surface area contributed by atoms with Crippen LogP contribution in [0, 0.1) is 5.82 Å². The first kappa shape index (κ1) is 23.9. The average molecular weight is 490 g/mol. The van der Waals surface area contributed by atoms with E-state index in [4.69, 9.17) is 4.74 Å². The molecule has 2 N–H and O–H groups in total. The Morgan fingerprint density at radius 3 is 2.49 bits per heavy atom. The Morgan fingerprint density at radius 2 is 1.66 bits per heavy atom. The second-order valence-electron chi connectivity index (χ2n) is 7.34. The number of thioether (sulfide) groups is 1. The second-order valence-corrected chi connectivity index (χ2v) is 8.36. The fourth-order valence-electron chi connectivity index (χ4n) is 3.24. The number of ether oxygens (including phenoxy) is 1. The first-order chi connectivity index (χ1) is 17.0. The van der Waals surface area contributed by atoms with E-state index in [9.17, 15) is 18.8 Å². The van der Waals surface area contributed by atoms with Gasteiger partial charge in [-0.3, -0.25) is 14.6 Å². The molecule has 4 aromatic rings. The topological polar surface area (TPSA) is 97.4 Å². The molecule has 35 heavy (non-hydrogen) atoms. The van der Waals surface area contributed by atoms with Gasteiger partial charge < -0.3 is 15.4 Å². The lowest BCUT2D eigenvalue weighted by Gasteiger charge is -2.11. The number of carbonyl (C=O) groups is 3. The molecule has 9 heteroatoms. The molecule has 0 bridgehead atoms. The van der Waals surface area contributed by atoms with Gasteiger partial charge in [-0.15, -0.1) is 11.8 Å². The van der Waals surface area contributed by atoms with Gasteiger partial charge in [0.15, 0.2) is 6.61 Å². The SMILES string of the molecule is O=C(CSc1ccccc1C(=O)OCC(=O)Nc1cccc2ncccc12)Nc1ccc(F)cc1. The minimum atomic E-state index is -0.679. The summed E-state index contributed by atoms with van der Waals surface area (Å²) in [6.07, 6.45) is 1.66. The smallest absolute Gasteiger partial charge is 0.339 e. The van der Waals surface area contributed by atoms with Crippen LogP contribution >= 0.6 is 11.8 Å². The number of carbonyl (C=O) groups excluding carboxylic acids is 3. The predicted octanol–water partition coefficient (Wildman–Crippen LogP) is 4.90. The highest BCUT2D eigenvalue weighted by molar-refractivity contribution is 8.00. The second kappa shape index (κ2) is 11.3. The van der Waals surface area contributed by atoms with Gasteiger partial charge in [0.1, 0.15) is 5.82 Å². The number of pyridine rings is 1. The molecule has 0 fully saturated rings. The van der Waals surface area contributed by atoms with Crippen molar-refractivity contribution in [1.82, 2.24) is 4.98 Å². The number of nitrogens with zero attached hydrogens (tertiary/aromatic N) is 1. The molecule has 0 aliphatic heterocycles. The summed E-state index contributed by atoms with van der Waals surface area (Å²) in [5.74, 6) is -1.85. The fourth-order valence-corrected chi connectivity index (χ4v) is 4.08. The third-order valence-electron chi connectivity index (χ3n) is 4.85. The number of benzene rings is 3. The Hall–Kier alpha value is -4.24. The summed E-state index contributed by atoms with van der Waals surface area (Å²) < 4.78 is 18.2. The highest BCUT2D eigenvalue weighted by atomic mass is 32.2. The van der Waals surface area contributed by atoms with Crippen LogP contribution in [0.1, 0.15) is 10.4 Å². The molecule has 2 amide bonds. The number of fused-ring (bicyclic) bond motifs is 1. The molecule has 0 aliphatic carbocycles. The average Bonchev–Trinajstić information content (AvgIpc) is 2.88. The van der Waals surface area contributed by atoms with E-state index in [1.165, 1.54) is 24.3 Å². The maximum absolute atomic E-state index is 13.0. The molecule has 0 aliphatic rings. The highest BCUT2D eigenvalue weighted by Gasteiger charge is 2.16. The van der Waals surface area contributed by atoms with Crippen molar-refractivity contribution in [2.45, 2.75) is 4.90 Å². The van der Waals surface area contributed by atoms with E-state index in [1.807, 2.05) is 12.1 Å². The van der Waals surface area contributed by atoms with Gasteiger partial charge in [0.25, 0.3) is 5.91 Å². The number of hydrogen-bond donors (Lipinski definition) is 2. The maximum atomic E-state index is 13.0. The Bertz CT molecular complexity index is 1370. The molecule has 3 aromatic carbocycles. The van der Waals surface area contributed by atoms with Crippen LogP contribution in [0.3, 0.4) is 0 Å². The van der Waals surface area contributed by atoms with E-state index in [2.05, 4.69) is 15.6 Å². The fraction of sp³-hybridized carbons (Fsp3) is 0.0769. The molecule has 0 saturated carbocycles. The molecule has 0 atom stereocenters. The summed E-state index contributed by atoms with van der Waals surface area (Å²) in [6.45, 7) is -0.473. The lowest BCUT2D eigenvalue weighted by molar-refractivity contribution is -0.119. The summed E-state index contributed by atoms with van der Waals surface area (Å²) in [6, 6.07) is 21.0. The van der Waals surface area contributed by atoms with Crippen LogP contribution in [-0.4, -0.2) is 35.1 Å². The lowest BCUT2D eigenvalue weighted by Crippen LogP contribution is -2.21. The number of esters is 1. The lowest BCUT2D eigenvalue weighted by atomic mass is 10.2. The molecular weight excluding hydrogens is 469 g/mol. The van der Waals surface area contributed by atoms with Gasteiger partial charge in [-0.1, -0.05) is 18.2 Å². The zero-order valence-electron chi connectivity index (χ0n) is 18.4. The van der Waals surface area contributed by atoms with Crippen molar-refractivity contribution in [1.29, 1.82) is 0 Å². The Kier molecular flexibility index (Phi) is 7.69. The largest absolute Gasteiger partial charge is 0.452 e. The molecule has 0 radical (unpaired) electrons. The summed E-state index contributed by atoms with van der Waals surface area (Å²) in [5.41, 5.74) is 2.02. The van der Waals surface area contributed by atoms with Crippen molar-refractivity contribution in [2.75, 3.05) is 23.0 Å². The summed E-state index contributed by atoms with van der Waals surface area (Å²) in [5, 5.41) is 6.17. The predicted molar refractivity (Wildman–Crippen MR) is 133 cm³/mol. The number of nitrogens with one attached hydrogen (secondary N) is 2. The highest BCUT2D eigenvalue weighted by Crippen LogP contribution is 2.24. The number of halogens is 1. The molecule has 1 heterocycles.